The number of aliphatic hydroxyl groups excluding tert-OH is 1. The van der Waals surface area contributed by atoms with Crippen molar-refractivity contribution < 1.29 is 28.0 Å². The van der Waals surface area contributed by atoms with Crippen molar-refractivity contribution in [1.29, 1.82) is 0 Å². The van der Waals surface area contributed by atoms with Crippen LogP contribution in [0.5, 0.6) is 0 Å². The summed E-state index contributed by atoms with van der Waals surface area (Å²) in [5, 5.41) is 9.52. The van der Waals surface area contributed by atoms with Crippen LogP contribution in [0.25, 0.3) is 0 Å². The molecule has 0 aliphatic heterocycles. The Morgan fingerprint density at radius 3 is 1.97 bits per heavy atom. The highest BCUT2D eigenvalue weighted by Gasteiger charge is 2.27. The van der Waals surface area contributed by atoms with E-state index in [9.17, 15) is 9.67 Å². The molecule has 0 bridgehead atoms. The lowest BCUT2D eigenvalue weighted by molar-refractivity contribution is -0.0597. The molecule has 35 heavy (non-hydrogen) atoms. The van der Waals surface area contributed by atoms with Gasteiger partial charge < -0.3 is 15.6 Å². The van der Waals surface area contributed by atoms with Gasteiger partial charge in [-0.3, -0.25) is 13.6 Å². The first kappa shape index (κ1) is 34.0. The molecule has 3 atom stereocenters. The number of hydrogen-bond donors (Lipinski definition) is 2. The van der Waals surface area contributed by atoms with Gasteiger partial charge in [0.2, 0.25) is 0 Å². The second kappa shape index (κ2) is 24.6. The third-order valence-corrected chi connectivity index (χ3v) is 6.49. The van der Waals surface area contributed by atoms with Gasteiger partial charge in [-0.05, 0) is 58.3 Å². The summed E-state index contributed by atoms with van der Waals surface area (Å²) in [5.41, 5.74) is 5.34. The average molecular weight is 516 g/mol. The fourth-order valence-corrected chi connectivity index (χ4v) is 4.06. The van der Waals surface area contributed by atoms with E-state index in [0.717, 1.165) is 38.5 Å². The summed E-state index contributed by atoms with van der Waals surface area (Å²) in [7, 11) is -2.43. The Morgan fingerprint density at radius 2 is 1.46 bits per heavy atom. The van der Waals surface area contributed by atoms with E-state index in [1.165, 1.54) is 32.8 Å². The second-order valence-electron chi connectivity index (χ2n) is 8.32. The van der Waals surface area contributed by atoms with Crippen LogP contribution in [0.2, 0.25) is 0 Å². The van der Waals surface area contributed by atoms with Crippen LogP contribution in [0, 0.1) is 0 Å². The molecule has 0 saturated carbocycles. The molecule has 3 N–H and O–H groups in total. The Bertz CT molecular complexity index is 635. The summed E-state index contributed by atoms with van der Waals surface area (Å²) >= 11 is 0. The van der Waals surface area contributed by atoms with E-state index >= 15 is 0 Å². The molecule has 0 rings (SSSR count). The summed E-state index contributed by atoms with van der Waals surface area (Å²) in [5.74, 6) is 0. The lowest BCUT2D eigenvalue weighted by Crippen LogP contribution is -2.28. The number of nitrogens with two attached hydrogens (primary N) is 1. The number of phosphoric ester groups is 1. The van der Waals surface area contributed by atoms with Gasteiger partial charge in [0.05, 0.1) is 25.9 Å². The van der Waals surface area contributed by atoms with Gasteiger partial charge in [0, 0.05) is 13.7 Å². The van der Waals surface area contributed by atoms with Gasteiger partial charge in [-0.1, -0.05) is 68.4 Å². The Labute approximate surface area is 214 Å². The van der Waals surface area contributed by atoms with Crippen molar-refractivity contribution >= 4 is 7.82 Å². The van der Waals surface area contributed by atoms with E-state index < -0.39 is 13.9 Å². The molecule has 0 saturated heterocycles. The molecule has 0 radical (unpaired) electrons. The smallest absolute Gasteiger partial charge is 0.394 e. The molecule has 0 aromatic rings. The molecule has 0 spiro atoms. The van der Waals surface area contributed by atoms with Gasteiger partial charge in [-0.25, -0.2) is 4.57 Å². The van der Waals surface area contributed by atoms with Crippen molar-refractivity contribution in [1.82, 2.24) is 0 Å². The van der Waals surface area contributed by atoms with E-state index in [4.69, 9.17) is 24.0 Å². The van der Waals surface area contributed by atoms with Crippen molar-refractivity contribution in [2.75, 3.05) is 33.5 Å². The van der Waals surface area contributed by atoms with Crippen molar-refractivity contribution in [3.8, 4) is 0 Å². The first-order chi connectivity index (χ1) is 17.0. The Hall–Kier alpha value is -1.05. The number of ether oxygens (including phenoxy) is 1. The predicted octanol–water partition coefficient (Wildman–Crippen LogP) is 6.64. The van der Waals surface area contributed by atoms with Gasteiger partial charge in [0.1, 0.15) is 6.10 Å². The molecular weight excluding hydrogens is 465 g/mol. The summed E-state index contributed by atoms with van der Waals surface area (Å²) in [6.45, 7) is 4.11. The van der Waals surface area contributed by atoms with Crippen molar-refractivity contribution in [2.45, 2.75) is 90.3 Å². The number of rotatable bonds is 24. The number of allylic oxidation sites excluding steroid dienone is 8. The number of hydrogen-bond acceptors (Lipinski definition) is 7. The van der Waals surface area contributed by atoms with Crippen molar-refractivity contribution in [2.24, 2.45) is 5.73 Å². The maximum atomic E-state index is 12.2. The molecule has 0 aromatic carbocycles. The van der Waals surface area contributed by atoms with Crippen LogP contribution < -0.4 is 5.73 Å². The number of aliphatic hydroxyl groups is 1. The fourth-order valence-electron chi connectivity index (χ4n) is 3.10. The molecule has 204 valence electrons. The minimum atomic E-state index is -3.68. The minimum absolute atomic E-state index is 0.0592. The van der Waals surface area contributed by atoms with Crippen LogP contribution in [-0.2, 0) is 22.9 Å². The zero-order chi connectivity index (χ0) is 26.0. The molecule has 0 aliphatic carbocycles. The third-order valence-electron chi connectivity index (χ3n) is 5.08. The van der Waals surface area contributed by atoms with Gasteiger partial charge >= 0.3 is 7.82 Å². The molecule has 8 heteroatoms. The van der Waals surface area contributed by atoms with Gasteiger partial charge in [-0.2, -0.15) is 0 Å². The quantitative estimate of drug-likeness (QED) is 0.0844. The van der Waals surface area contributed by atoms with Crippen LogP contribution in [0.15, 0.2) is 48.6 Å². The molecule has 0 fully saturated rings. The maximum absolute atomic E-state index is 12.2. The summed E-state index contributed by atoms with van der Waals surface area (Å²) in [6.07, 6.45) is 27.9. The second-order valence-corrected chi connectivity index (χ2v) is 10.1. The maximum Gasteiger partial charge on any atom is 0.474 e. The Morgan fingerprint density at radius 1 is 0.886 bits per heavy atom. The highest BCUT2D eigenvalue weighted by molar-refractivity contribution is 7.48. The normalized spacial score (nSPS) is 16.1. The standard InChI is InChI=1S/C27H50NO6P/c1-4-5-6-7-8-9-10-11-12-13-14-15-16-17-18-19-20-21-26(2)34-27(24-29)25-33-35(30,31-3)32-23-22-28/h8-9,11-12,14-15,17-18,26-27,29H,4-7,10,13,16,19-25,28H2,1-3H3/b9-8-,12-11-,15-14-,18-17-. The summed E-state index contributed by atoms with van der Waals surface area (Å²) < 4.78 is 33.1. The molecule has 3 unspecified atom stereocenters. The molecule has 0 aliphatic rings. The van der Waals surface area contributed by atoms with Crippen LogP contribution >= 0.6 is 7.82 Å². The molecule has 7 nitrogen and oxygen atoms in total. The predicted molar refractivity (Wildman–Crippen MR) is 145 cm³/mol. The number of phosphoric acid groups is 1. The minimum Gasteiger partial charge on any atom is -0.394 e. The zero-order valence-electron chi connectivity index (χ0n) is 22.2. The molecular formula is C27H50NO6P. The van der Waals surface area contributed by atoms with Crippen LogP contribution in [-0.4, -0.2) is 50.8 Å². The van der Waals surface area contributed by atoms with E-state index in [-0.39, 0.29) is 32.5 Å². The topological polar surface area (TPSA) is 100 Å². The highest BCUT2D eigenvalue weighted by Crippen LogP contribution is 2.48. The van der Waals surface area contributed by atoms with E-state index in [1.807, 2.05) is 6.92 Å². The van der Waals surface area contributed by atoms with Gasteiger partial charge in [0.15, 0.2) is 0 Å². The average Bonchev–Trinajstić information content (AvgIpc) is 2.87. The highest BCUT2D eigenvalue weighted by atomic mass is 31.2. The SMILES string of the molecule is CCCCC/C=C\C/C=C\C/C=C\C/C=C\CCCC(C)OC(CO)COP(=O)(OC)OCCN. The lowest BCUT2D eigenvalue weighted by atomic mass is 10.1. The fraction of sp³-hybridized carbons (Fsp3) is 0.704. The monoisotopic (exact) mass is 515 g/mol. The first-order valence-electron chi connectivity index (χ1n) is 13.0. The Kier molecular flexibility index (Phi) is 23.9. The van der Waals surface area contributed by atoms with Crippen LogP contribution in [0.3, 0.4) is 0 Å². The zero-order valence-corrected chi connectivity index (χ0v) is 23.1. The molecule has 0 aromatic heterocycles. The van der Waals surface area contributed by atoms with Gasteiger partial charge in [-0.15, -0.1) is 0 Å². The number of unbranched alkanes of at least 4 members (excludes halogenated alkanes) is 4. The van der Waals surface area contributed by atoms with E-state index in [0.29, 0.717) is 0 Å². The van der Waals surface area contributed by atoms with E-state index in [1.54, 1.807) is 0 Å². The van der Waals surface area contributed by atoms with Crippen molar-refractivity contribution in [3.63, 3.8) is 0 Å². The van der Waals surface area contributed by atoms with E-state index in [2.05, 4.69) is 55.5 Å². The van der Waals surface area contributed by atoms with Gasteiger partial charge in [0.25, 0.3) is 0 Å². The summed E-state index contributed by atoms with van der Waals surface area (Å²) in [4.78, 5) is 0. The van der Waals surface area contributed by atoms with Crippen LogP contribution in [0.4, 0.5) is 0 Å². The largest absolute Gasteiger partial charge is 0.474 e. The van der Waals surface area contributed by atoms with Crippen LogP contribution in [0.1, 0.15) is 78.1 Å². The first-order valence-corrected chi connectivity index (χ1v) is 14.5. The Balaban J connectivity index is 3.89. The van der Waals surface area contributed by atoms with Crippen molar-refractivity contribution in [3.05, 3.63) is 48.6 Å². The third kappa shape index (κ3) is 21.9. The lowest BCUT2D eigenvalue weighted by Gasteiger charge is -2.22. The summed E-state index contributed by atoms with van der Waals surface area (Å²) in [6, 6.07) is 0. The molecule has 0 heterocycles. The molecule has 0 amide bonds.